The molecular weight excluding hydrogens is 314 g/mol. The van der Waals surface area contributed by atoms with E-state index in [2.05, 4.69) is 11.4 Å². The second kappa shape index (κ2) is 7.79. The number of halogens is 1. The molecule has 2 heterocycles. The Bertz CT molecular complexity index is 591. The van der Waals surface area contributed by atoms with E-state index in [4.69, 9.17) is 5.73 Å². The number of hydrogen-bond acceptors (Lipinski definition) is 3. The van der Waals surface area contributed by atoms with E-state index < -0.39 is 0 Å². The van der Waals surface area contributed by atoms with Crippen molar-refractivity contribution < 1.29 is 9.59 Å². The summed E-state index contributed by atoms with van der Waals surface area (Å²) in [5.74, 6) is 0.275. The summed E-state index contributed by atoms with van der Waals surface area (Å²) in [4.78, 5) is 25.4. The van der Waals surface area contributed by atoms with E-state index in [1.807, 2.05) is 17.0 Å². The number of fused-ring (bicyclic) bond motifs is 1. The minimum Gasteiger partial charge on any atom is -0.341 e. The lowest BCUT2D eigenvalue weighted by Gasteiger charge is -2.30. The summed E-state index contributed by atoms with van der Waals surface area (Å²) >= 11 is 0. The van der Waals surface area contributed by atoms with Crippen LogP contribution in [0.25, 0.3) is 0 Å². The SMILES string of the molecule is Cl.NC1CCCN(C(=O)CCCc2ccc3c(c2)CC(=O)N3)C1. The molecule has 1 atom stereocenters. The Kier molecular flexibility index (Phi) is 6.02. The van der Waals surface area contributed by atoms with Gasteiger partial charge in [-0.1, -0.05) is 12.1 Å². The van der Waals surface area contributed by atoms with Crippen LogP contribution < -0.4 is 11.1 Å². The first kappa shape index (κ1) is 17.8. The van der Waals surface area contributed by atoms with Gasteiger partial charge in [0.1, 0.15) is 0 Å². The molecule has 6 heteroatoms. The third-order valence-corrected chi connectivity index (χ3v) is 4.46. The highest BCUT2D eigenvalue weighted by Gasteiger charge is 2.21. The molecule has 1 saturated heterocycles. The number of piperidine rings is 1. The zero-order chi connectivity index (χ0) is 15.5. The molecule has 1 aromatic carbocycles. The van der Waals surface area contributed by atoms with E-state index in [1.54, 1.807) is 0 Å². The van der Waals surface area contributed by atoms with Gasteiger partial charge in [0.25, 0.3) is 0 Å². The van der Waals surface area contributed by atoms with Gasteiger partial charge in [-0.2, -0.15) is 0 Å². The molecule has 1 unspecified atom stereocenters. The highest BCUT2D eigenvalue weighted by Crippen LogP contribution is 2.24. The van der Waals surface area contributed by atoms with Crippen LogP contribution >= 0.6 is 12.4 Å². The van der Waals surface area contributed by atoms with Crippen LogP contribution in [0.2, 0.25) is 0 Å². The first-order valence-electron chi connectivity index (χ1n) is 8.07. The summed E-state index contributed by atoms with van der Waals surface area (Å²) in [6.45, 7) is 1.55. The minimum absolute atomic E-state index is 0. The number of carbonyl (C=O) groups excluding carboxylic acids is 2. The predicted octanol–water partition coefficient (Wildman–Crippen LogP) is 1.88. The van der Waals surface area contributed by atoms with Gasteiger partial charge in [-0.05, 0) is 42.9 Å². The first-order valence-corrected chi connectivity index (χ1v) is 8.07. The topological polar surface area (TPSA) is 75.4 Å². The average molecular weight is 338 g/mol. The number of benzene rings is 1. The lowest BCUT2D eigenvalue weighted by molar-refractivity contribution is -0.132. The van der Waals surface area contributed by atoms with Crippen molar-refractivity contribution in [2.24, 2.45) is 5.73 Å². The van der Waals surface area contributed by atoms with E-state index in [-0.39, 0.29) is 30.3 Å². The molecule has 3 rings (SSSR count). The highest BCUT2D eigenvalue weighted by molar-refractivity contribution is 5.99. The zero-order valence-electron chi connectivity index (χ0n) is 13.2. The summed E-state index contributed by atoms with van der Waals surface area (Å²) in [6.07, 6.45) is 4.77. The molecule has 2 aliphatic rings. The molecule has 5 nitrogen and oxygen atoms in total. The van der Waals surface area contributed by atoms with Crippen molar-refractivity contribution in [2.75, 3.05) is 18.4 Å². The van der Waals surface area contributed by atoms with E-state index >= 15 is 0 Å². The molecule has 126 valence electrons. The largest absolute Gasteiger partial charge is 0.341 e. The van der Waals surface area contributed by atoms with Crippen molar-refractivity contribution in [1.29, 1.82) is 0 Å². The molecule has 0 aromatic heterocycles. The van der Waals surface area contributed by atoms with Gasteiger partial charge in [-0.15, -0.1) is 12.4 Å². The van der Waals surface area contributed by atoms with Crippen LogP contribution in [0.5, 0.6) is 0 Å². The molecule has 0 saturated carbocycles. The molecule has 0 spiro atoms. The zero-order valence-corrected chi connectivity index (χ0v) is 14.0. The fourth-order valence-electron chi connectivity index (χ4n) is 3.28. The lowest BCUT2D eigenvalue weighted by atomic mass is 10.0. The molecule has 3 N–H and O–H groups in total. The van der Waals surface area contributed by atoms with E-state index in [1.165, 1.54) is 5.56 Å². The molecule has 0 aliphatic carbocycles. The van der Waals surface area contributed by atoms with Crippen LogP contribution in [0.15, 0.2) is 18.2 Å². The molecular formula is C17H24ClN3O2. The van der Waals surface area contributed by atoms with Crippen LogP contribution in [0.4, 0.5) is 5.69 Å². The summed E-state index contributed by atoms with van der Waals surface area (Å²) < 4.78 is 0. The maximum absolute atomic E-state index is 12.2. The Labute approximate surface area is 143 Å². The van der Waals surface area contributed by atoms with Gasteiger partial charge < -0.3 is 16.0 Å². The van der Waals surface area contributed by atoms with Gasteiger partial charge in [0.05, 0.1) is 6.42 Å². The van der Waals surface area contributed by atoms with Crippen LogP contribution in [0, 0.1) is 0 Å². The number of aryl methyl sites for hydroxylation is 1. The van der Waals surface area contributed by atoms with E-state index in [9.17, 15) is 9.59 Å². The molecule has 23 heavy (non-hydrogen) atoms. The number of nitrogens with zero attached hydrogens (tertiary/aromatic N) is 1. The van der Waals surface area contributed by atoms with Gasteiger partial charge in [0.2, 0.25) is 11.8 Å². The van der Waals surface area contributed by atoms with Crippen molar-refractivity contribution in [1.82, 2.24) is 4.90 Å². The van der Waals surface area contributed by atoms with E-state index in [0.717, 1.165) is 43.5 Å². The molecule has 2 aliphatic heterocycles. The van der Waals surface area contributed by atoms with Crippen molar-refractivity contribution in [3.63, 3.8) is 0 Å². The molecule has 0 bridgehead atoms. The third-order valence-electron chi connectivity index (χ3n) is 4.46. The number of nitrogens with two attached hydrogens (primary N) is 1. The molecule has 1 aromatic rings. The third kappa shape index (κ3) is 4.45. The Morgan fingerprint density at radius 2 is 2.22 bits per heavy atom. The second-order valence-corrected chi connectivity index (χ2v) is 6.31. The quantitative estimate of drug-likeness (QED) is 0.880. The Balaban J connectivity index is 0.00000192. The smallest absolute Gasteiger partial charge is 0.228 e. The van der Waals surface area contributed by atoms with Crippen molar-refractivity contribution in [3.05, 3.63) is 29.3 Å². The van der Waals surface area contributed by atoms with Gasteiger partial charge in [0.15, 0.2) is 0 Å². The molecule has 0 radical (unpaired) electrons. The van der Waals surface area contributed by atoms with Gasteiger partial charge in [-0.3, -0.25) is 9.59 Å². The number of likely N-dealkylation sites (tertiary alicyclic amines) is 1. The molecule has 1 fully saturated rings. The molecule has 2 amide bonds. The summed E-state index contributed by atoms with van der Waals surface area (Å²) in [5, 5.41) is 2.83. The number of amides is 2. The standard InChI is InChI=1S/C17H23N3O2.ClH/c18-14-4-2-8-20(11-14)17(22)5-1-3-12-6-7-15-13(9-12)10-16(21)19-15;/h6-7,9,14H,1-5,8,10-11,18H2,(H,19,21);1H. The van der Waals surface area contributed by atoms with Crippen LogP contribution in [-0.4, -0.2) is 35.8 Å². The maximum atomic E-state index is 12.2. The predicted molar refractivity (Wildman–Crippen MR) is 92.8 cm³/mol. The normalized spacial score (nSPS) is 19.8. The minimum atomic E-state index is 0. The Morgan fingerprint density at radius 1 is 1.39 bits per heavy atom. The number of carbonyl (C=O) groups is 2. The van der Waals surface area contributed by atoms with E-state index in [0.29, 0.717) is 19.4 Å². The summed E-state index contributed by atoms with van der Waals surface area (Å²) in [6, 6.07) is 6.21. The van der Waals surface area contributed by atoms with Crippen molar-refractivity contribution >= 4 is 29.9 Å². The number of nitrogens with one attached hydrogen (secondary N) is 1. The summed E-state index contributed by atoms with van der Waals surface area (Å²) in [7, 11) is 0. The highest BCUT2D eigenvalue weighted by atomic mass is 35.5. The second-order valence-electron chi connectivity index (χ2n) is 6.31. The Hall–Kier alpha value is -1.59. The average Bonchev–Trinajstić information content (AvgIpc) is 2.86. The van der Waals surface area contributed by atoms with Crippen LogP contribution in [0.3, 0.4) is 0 Å². The Morgan fingerprint density at radius 3 is 3.00 bits per heavy atom. The van der Waals surface area contributed by atoms with Gasteiger partial charge in [-0.25, -0.2) is 0 Å². The first-order chi connectivity index (χ1) is 10.6. The fourth-order valence-corrected chi connectivity index (χ4v) is 3.28. The summed E-state index contributed by atoms with van der Waals surface area (Å²) in [5.41, 5.74) is 9.10. The van der Waals surface area contributed by atoms with Crippen LogP contribution in [0.1, 0.15) is 36.8 Å². The number of hydrogen-bond donors (Lipinski definition) is 2. The van der Waals surface area contributed by atoms with Gasteiger partial charge in [0, 0.05) is 31.2 Å². The van der Waals surface area contributed by atoms with Gasteiger partial charge >= 0.3 is 0 Å². The van der Waals surface area contributed by atoms with Crippen LogP contribution in [-0.2, 0) is 22.4 Å². The fraction of sp³-hybridized carbons (Fsp3) is 0.529. The van der Waals surface area contributed by atoms with Crippen molar-refractivity contribution in [2.45, 2.75) is 44.6 Å². The van der Waals surface area contributed by atoms with Crippen molar-refractivity contribution in [3.8, 4) is 0 Å². The lowest BCUT2D eigenvalue weighted by Crippen LogP contribution is -2.45. The maximum Gasteiger partial charge on any atom is 0.228 e. The monoisotopic (exact) mass is 337 g/mol. The number of rotatable bonds is 4. The number of anilines is 1.